The molecule has 1 aromatic carbocycles. The zero-order chi connectivity index (χ0) is 9.42. The van der Waals surface area contributed by atoms with E-state index < -0.39 is 0 Å². The van der Waals surface area contributed by atoms with Gasteiger partial charge in [0.05, 0.1) is 0 Å². The summed E-state index contributed by atoms with van der Waals surface area (Å²) < 4.78 is 2.66. The molecule has 0 amide bonds. The summed E-state index contributed by atoms with van der Waals surface area (Å²) in [6.45, 7) is 2.15. The van der Waals surface area contributed by atoms with E-state index in [1.807, 2.05) is 23.1 Å². The quantitative estimate of drug-likeness (QED) is 0.679. The van der Waals surface area contributed by atoms with Gasteiger partial charge >= 0.3 is 0 Å². The van der Waals surface area contributed by atoms with Crippen LogP contribution in [-0.2, 0) is 0 Å². The molecule has 1 aromatic heterocycles. The Morgan fingerprint density at radius 2 is 2.15 bits per heavy atom. The minimum Gasteiger partial charge on any atom is -0.138 e. The molecule has 0 aliphatic rings. The van der Waals surface area contributed by atoms with Crippen LogP contribution in [0.4, 0.5) is 0 Å². The maximum atomic E-state index is 3.62. The first-order valence-electron chi connectivity index (χ1n) is 3.95. The molecule has 0 fully saturated rings. The lowest BCUT2D eigenvalue weighted by molar-refractivity contribution is 1.58. The normalized spacial score (nSPS) is 11.0. The van der Waals surface area contributed by atoms with Crippen LogP contribution in [0.3, 0.4) is 0 Å². The van der Waals surface area contributed by atoms with Gasteiger partial charge in [-0.2, -0.15) is 0 Å². The number of halogens is 1. The highest BCUT2D eigenvalue weighted by atomic mass is 79.9. The number of thiophene rings is 1. The molecule has 0 saturated heterocycles. The number of hydrogen-bond acceptors (Lipinski definition) is 2. The number of fused-ring (bicyclic) bond motifs is 1. The molecule has 0 unspecified atom stereocenters. The van der Waals surface area contributed by atoms with Gasteiger partial charge in [0.15, 0.2) is 0 Å². The standard InChI is InChI=1S/C10H9BrS2/c1-6-9(11)7-4-3-5-8(12-2)10(7)13-6/h3-5H,1-2H3. The van der Waals surface area contributed by atoms with Crippen LogP contribution in [0.2, 0.25) is 0 Å². The smallest absolute Gasteiger partial charge is 0.0493 e. The predicted molar refractivity (Wildman–Crippen MR) is 66.0 cm³/mol. The molecule has 0 N–H and O–H groups in total. The minimum absolute atomic E-state index is 1.25. The Kier molecular flexibility index (Phi) is 2.67. The second-order valence-corrected chi connectivity index (χ2v) is 5.68. The van der Waals surface area contributed by atoms with Gasteiger partial charge in [0, 0.05) is 24.3 Å². The van der Waals surface area contributed by atoms with Gasteiger partial charge in [-0.3, -0.25) is 0 Å². The van der Waals surface area contributed by atoms with Crippen LogP contribution in [0, 0.1) is 6.92 Å². The largest absolute Gasteiger partial charge is 0.138 e. The SMILES string of the molecule is CSc1cccc2c(Br)c(C)sc12. The molecule has 0 nitrogen and oxygen atoms in total. The molecule has 3 heteroatoms. The number of hydrogen-bond donors (Lipinski definition) is 0. The average molecular weight is 273 g/mol. The van der Waals surface area contributed by atoms with Crippen molar-refractivity contribution in [3.63, 3.8) is 0 Å². The maximum Gasteiger partial charge on any atom is 0.0493 e. The Balaban J connectivity index is 2.84. The third-order valence-corrected chi connectivity index (χ3v) is 5.35. The van der Waals surface area contributed by atoms with Crippen LogP contribution >= 0.6 is 39.0 Å². The first-order chi connectivity index (χ1) is 6.24. The van der Waals surface area contributed by atoms with Crippen molar-refractivity contribution >= 4 is 49.1 Å². The van der Waals surface area contributed by atoms with Crippen molar-refractivity contribution < 1.29 is 0 Å². The Morgan fingerprint density at radius 3 is 2.85 bits per heavy atom. The molecule has 2 rings (SSSR count). The molecule has 0 saturated carbocycles. The Bertz CT molecular complexity index is 445. The van der Waals surface area contributed by atoms with Crippen molar-refractivity contribution in [2.75, 3.05) is 6.26 Å². The summed E-state index contributed by atoms with van der Waals surface area (Å²) in [5.74, 6) is 0. The van der Waals surface area contributed by atoms with E-state index in [-0.39, 0.29) is 0 Å². The topological polar surface area (TPSA) is 0 Å². The lowest BCUT2D eigenvalue weighted by Crippen LogP contribution is -1.69. The van der Waals surface area contributed by atoms with E-state index in [1.54, 1.807) is 0 Å². The van der Waals surface area contributed by atoms with E-state index in [4.69, 9.17) is 0 Å². The number of rotatable bonds is 1. The van der Waals surface area contributed by atoms with E-state index in [2.05, 4.69) is 47.3 Å². The molecule has 0 spiro atoms. The summed E-state index contributed by atoms with van der Waals surface area (Å²) >= 11 is 7.29. The third kappa shape index (κ3) is 1.53. The first kappa shape index (κ1) is 9.56. The zero-order valence-corrected chi connectivity index (χ0v) is 10.6. The summed E-state index contributed by atoms with van der Waals surface area (Å²) in [6.07, 6.45) is 2.12. The van der Waals surface area contributed by atoms with Crippen molar-refractivity contribution in [3.05, 3.63) is 27.5 Å². The molecule has 0 aliphatic carbocycles. The zero-order valence-electron chi connectivity index (χ0n) is 7.43. The summed E-state index contributed by atoms with van der Waals surface area (Å²) in [4.78, 5) is 2.73. The summed E-state index contributed by atoms with van der Waals surface area (Å²) in [6, 6.07) is 6.46. The third-order valence-electron chi connectivity index (χ3n) is 2.00. The van der Waals surface area contributed by atoms with Crippen molar-refractivity contribution in [3.8, 4) is 0 Å². The Hall–Kier alpha value is 0.01000. The highest BCUT2D eigenvalue weighted by Gasteiger charge is 2.08. The predicted octanol–water partition coefficient (Wildman–Crippen LogP) is 4.69. The Labute approximate surface area is 94.5 Å². The van der Waals surface area contributed by atoms with Crippen LogP contribution in [-0.4, -0.2) is 6.26 Å². The summed E-state index contributed by atoms with van der Waals surface area (Å²) in [7, 11) is 0. The molecule has 0 atom stereocenters. The average Bonchev–Trinajstić information content (AvgIpc) is 2.43. The van der Waals surface area contributed by atoms with E-state index in [1.165, 1.54) is 24.3 Å². The molecule has 68 valence electrons. The van der Waals surface area contributed by atoms with E-state index in [9.17, 15) is 0 Å². The lowest BCUT2D eigenvalue weighted by atomic mass is 10.2. The van der Waals surface area contributed by atoms with Crippen LogP contribution in [0.5, 0.6) is 0 Å². The molecular weight excluding hydrogens is 264 g/mol. The van der Waals surface area contributed by atoms with E-state index in [0.29, 0.717) is 0 Å². The summed E-state index contributed by atoms with van der Waals surface area (Å²) in [5.41, 5.74) is 0. The molecule has 2 aromatic rings. The molecule has 0 bridgehead atoms. The lowest BCUT2D eigenvalue weighted by Gasteiger charge is -1.96. The maximum absolute atomic E-state index is 3.62. The fourth-order valence-corrected chi connectivity index (χ4v) is 3.89. The fourth-order valence-electron chi connectivity index (χ4n) is 1.34. The van der Waals surface area contributed by atoms with Gasteiger partial charge in [-0.15, -0.1) is 23.1 Å². The van der Waals surface area contributed by atoms with Gasteiger partial charge in [0.25, 0.3) is 0 Å². The number of thioether (sulfide) groups is 1. The summed E-state index contributed by atoms with van der Waals surface area (Å²) in [5, 5.41) is 1.34. The van der Waals surface area contributed by atoms with Crippen molar-refractivity contribution in [2.45, 2.75) is 11.8 Å². The van der Waals surface area contributed by atoms with Gasteiger partial charge < -0.3 is 0 Å². The number of benzene rings is 1. The molecule has 13 heavy (non-hydrogen) atoms. The van der Waals surface area contributed by atoms with Crippen LogP contribution in [0.25, 0.3) is 10.1 Å². The van der Waals surface area contributed by atoms with Gasteiger partial charge in [-0.05, 0) is 35.2 Å². The van der Waals surface area contributed by atoms with E-state index in [0.717, 1.165) is 0 Å². The molecule has 0 aliphatic heterocycles. The highest BCUT2D eigenvalue weighted by Crippen LogP contribution is 2.39. The van der Waals surface area contributed by atoms with Crippen LogP contribution in [0.1, 0.15) is 4.88 Å². The Morgan fingerprint density at radius 1 is 1.38 bits per heavy atom. The van der Waals surface area contributed by atoms with E-state index >= 15 is 0 Å². The van der Waals surface area contributed by atoms with Gasteiger partial charge in [-0.1, -0.05) is 12.1 Å². The molecule has 0 radical (unpaired) electrons. The molecule has 1 heterocycles. The minimum atomic E-state index is 1.25. The van der Waals surface area contributed by atoms with Crippen molar-refractivity contribution in [1.82, 2.24) is 0 Å². The number of aryl methyl sites for hydroxylation is 1. The fraction of sp³-hybridized carbons (Fsp3) is 0.200. The van der Waals surface area contributed by atoms with Crippen molar-refractivity contribution in [2.24, 2.45) is 0 Å². The van der Waals surface area contributed by atoms with Crippen LogP contribution < -0.4 is 0 Å². The second-order valence-electron chi connectivity index (χ2n) is 2.81. The van der Waals surface area contributed by atoms with Crippen LogP contribution in [0.15, 0.2) is 27.6 Å². The van der Waals surface area contributed by atoms with Gasteiger partial charge in [-0.25, -0.2) is 0 Å². The van der Waals surface area contributed by atoms with Crippen molar-refractivity contribution in [1.29, 1.82) is 0 Å². The van der Waals surface area contributed by atoms with Gasteiger partial charge in [0.1, 0.15) is 0 Å². The monoisotopic (exact) mass is 272 g/mol. The second kappa shape index (κ2) is 3.64. The first-order valence-corrected chi connectivity index (χ1v) is 6.79. The van der Waals surface area contributed by atoms with Gasteiger partial charge in [0.2, 0.25) is 0 Å². The molecular formula is C10H9BrS2. The highest BCUT2D eigenvalue weighted by molar-refractivity contribution is 9.10.